The summed E-state index contributed by atoms with van der Waals surface area (Å²) < 4.78 is 0. The molecular weight excluding hydrogens is 464 g/mol. The van der Waals surface area contributed by atoms with Gasteiger partial charge in [-0.15, -0.1) is 0 Å². The molecule has 0 atom stereocenters. The molecule has 1 fully saturated rings. The predicted octanol–water partition coefficient (Wildman–Crippen LogP) is 5.73. The van der Waals surface area contributed by atoms with Gasteiger partial charge in [0.15, 0.2) is 0 Å². The molecule has 4 rings (SSSR count). The summed E-state index contributed by atoms with van der Waals surface area (Å²) >= 11 is 0. The number of aryl methyl sites for hydroxylation is 1. The van der Waals surface area contributed by atoms with Crippen LogP contribution in [0.2, 0.25) is 0 Å². The van der Waals surface area contributed by atoms with Crippen LogP contribution in [-0.2, 0) is 16.1 Å². The monoisotopic (exact) mass is 498 g/mol. The van der Waals surface area contributed by atoms with E-state index < -0.39 is 5.97 Å². The summed E-state index contributed by atoms with van der Waals surface area (Å²) in [4.78, 5) is 37.7. The number of nitrogens with zero attached hydrogens (tertiary/aromatic N) is 4. The third kappa shape index (κ3) is 6.82. The lowest BCUT2D eigenvalue weighted by Gasteiger charge is -2.29. The zero-order chi connectivity index (χ0) is 26.4. The smallest absolute Gasteiger partial charge is 0.328 e. The number of aromatic nitrogens is 2. The maximum atomic E-state index is 13.7. The second-order valence-electron chi connectivity index (χ2n) is 9.83. The lowest BCUT2D eigenvalue weighted by Crippen LogP contribution is -2.37. The Balaban J connectivity index is 1.62. The fourth-order valence-corrected chi connectivity index (χ4v) is 4.73. The van der Waals surface area contributed by atoms with E-state index >= 15 is 0 Å². The Bertz CT molecular complexity index is 1260. The molecular formula is C30H34N4O3. The Morgan fingerprint density at radius 2 is 1.68 bits per heavy atom. The van der Waals surface area contributed by atoms with Crippen molar-refractivity contribution in [3.05, 3.63) is 77.6 Å². The quantitative estimate of drug-likeness (QED) is 0.399. The first-order valence-electron chi connectivity index (χ1n) is 12.7. The molecule has 7 heteroatoms. The molecule has 0 aliphatic heterocycles. The van der Waals surface area contributed by atoms with E-state index in [1.54, 1.807) is 11.0 Å². The molecule has 0 bridgehead atoms. The number of carbonyl (C=O) groups is 2. The molecule has 1 aromatic carbocycles. The van der Waals surface area contributed by atoms with E-state index in [2.05, 4.69) is 28.2 Å². The minimum absolute atomic E-state index is 0.0189. The van der Waals surface area contributed by atoms with Gasteiger partial charge in [0.25, 0.3) is 0 Å². The van der Waals surface area contributed by atoms with Crippen molar-refractivity contribution in [2.24, 2.45) is 5.92 Å². The first kappa shape index (κ1) is 26.1. The minimum Gasteiger partial charge on any atom is -0.478 e. The molecule has 1 amide bonds. The number of carbonyl (C=O) groups excluding carboxylic acids is 1. The van der Waals surface area contributed by atoms with Gasteiger partial charge in [-0.2, -0.15) is 0 Å². The highest BCUT2D eigenvalue weighted by Gasteiger charge is 2.28. The fraction of sp³-hybridized carbons (Fsp3) is 0.333. The first-order valence-corrected chi connectivity index (χ1v) is 12.7. The maximum Gasteiger partial charge on any atom is 0.328 e. The van der Waals surface area contributed by atoms with Crippen molar-refractivity contribution in [1.29, 1.82) is 0 Å². The van der Waals surface area contributed by atoms with Crippen LogP contribution in [0.4, 0.5) is 11.6 Å². The molecule has 0 radical (unpaired) electrons. The van der Waals surface area contributed by atoms with Gasteiger partial charge in [-0.3, -0.25) is 9.69 Å². The Morgan fingerprint density at radius 1 is 0.973 bits per heavy atom. The summed E-state index contributed by atoms with van der Waals surface area (Å²) in [6.45, 7) is 2.25. The van der Waals surface area contributed by atoms with Crippen LogP contribution in [0.3, 0.4) is 0 Å². The van der Waals surface area contributed by atoms with Crippen LogP contribution in [-0.4, -0.2) is 41.0 Å². The molecule has 1 saturated carbocycles. The molecule has 1 aliphatic rings. The van der Waals surface area contributed by atoms with Gasteiger partial charge >= 0.3 is 5.97 Å². The topological polar surface area (TPSA) is 86.6 Å². The Labute approximate surface area is 218 Å². The average Bonchev–Trinajstić information content (AvgIpc) is 2.91. The molecule has 3 aromatic rings. The number of benzene rings is 1. The summed E-state index contributed by atoms with van der Waals surface area (Å²) in [6.07, 6.45) is 9.58. The lowest BCUT2D eigenvalue weighted by molar-refractivity contribution is -0.131. The number of rotatable bonds is 8. The van der Waals surface area contributed by atoms with Crippen LogP contribution in [0.1, 0.15) is 48.9 Å². The summed E-state index contributed by atoms with van der Waals surface area (Å²) in [5.74, 6) is 0.500. The summed E-state index contributed by atoms with van der Waals surface area (Å²) in [5, 5.41) is 9.05. The van der Waals surface area contributed by atoms with Crippen molar-refractivity contribution >= 4 is 29.6 Å². The van der Waals surface area contributed by atoms with Gasteiger partial charge in [0.2, 0.25) is 5.91 Å². The van der Waals surface area contributed by atoms with E-state index in [4.69, 9.17) is 5.11 Å². The SMILES string of the molecule is Cc1cc(C=CC(=O)O)cc(N(Cc2ccc(-c3ccc(N(C)C)nc3)cc2)C(=O)C2CCCCC2)n1. The van der Waals surface area contributed by atoms with Crippen molar-refractivity contribution < 1.29 is 14.7 Å². The number of pyridine rings is 2. The van der Waals surface area contributed by atoms with Gasteiger partial charge in [-0.1, -0.05) is 43.5 Å². The van der Waals surface area contributed by atoms with Crippen LogP contribution in [0.5, 0.6) is 0 Å². The summed E-state index contributed by atoms with van der Waals surface area (Å²) in [7, 11) is 3.93. The van der Waals surface area contributed by atoms with E-state index in [9.17, 15) is 9.59 Å². The second kappa shape index (κ2) is 11.8. The van der Waals surface area contributed by atoms with Crippen LogP contribution in [0.25, 0.3) is 17.2 Å². The standard InChI is InChI=1S/C30H34N4O3/c1-21-17-23(11-16-29(35)36)18-28(32-21)34(30(37)25-7-5-4-6-8-25)20-22-9-12-24(13-10-22)26-14-15-27(31-19-26)33(2)3/h9-19,25H,4-8,20H2,1-3H3,(H,35,36). The predicted molar refractivity (Wildman–Crippen MR) is 147 cm³/mol. The number of hydrogen-bond acceptors (Lipinski definition) is 5. The van der Waals surface area contributed by atoms with E-state index in [1.165, 1.54) is 12.5 Å². The molecule has 1 aliphatic carbocycles. The zero-order valence-electron chi connectivity index (χ0n) is 21.7. The normalized spacial score (nSPS) is 14.0. The van der Waals surface area contributed by atoms with Crippen molar-refractivity contribution in [3.63, 3.8) is 0 Å². The van der Waals surface area contributed by atoms with E-state index in [-0.39, 0.29) is 11.8 Å². The molecule has 7 nitrogen and oxygen atoms in total. The number of carboxylic acid groups (broad SMARTS) is 1. The molecule has 192 valence electrons. The number of anilines is 2. The molecule has 2 aromatic heterocycles. The molecule has 37 heavy (non-hydrogen) atoms. The molecule has 2 heterocycles. The highest BCUT2D eigenvalue weighted by Crippen LogP contribution is 2.29. The number of carboxylic acids is 1. The van der Waals surface area contributed by atoms with Gasteiger partial charge in [-0.05, 0) is 66.8 Å². The van der Waals surface area contributed by atoms with Crippen molar-refractivity contribution in [1.82, 2.24) is 9.97 Å². The third-order valence-corrected chi connectivity index (χ3v) is 6.71. The average molecular weight is 499 g/mol. The van der Waals surface area contributed by atoms with Gasteiger partial charge in [-0.25, -0.2) is 14.8 Å². The molecule has 0 saturated heterocycles. The van der Waals surface area contributed by atoms with Gasteiger partial charge < -0.3 is 10.0 Å². The Morgan fingerprint density at radius 3 is 2.30 bits per heavy atom. The van der Waals surface area contributed by atoms with Crippen molar-refractivity contribution in [2.45, 2.75) is 45.6 Å². The maximum absolute atomic E-state index is 13.7. The van der Waals surface area contributed by atoms with Crippen molar-refractivity contribution in [3.8, 4) is 11.1 Å². The zero-order valence-corrected chi connectivity index (χ0v) is 21.7. The minimum atomic E-state index is -1.02. The van der Waals surface area contributed by atoms with Crippen LogP contribution in [0, 0.1) is 12.8 Å². The third-order valence-electron chi connectivity index (χ3n) is 6.71. The summed E-state index contributed by atoms with van der Waals surface area (Å²) in [5.41, 5.74) is 4.52. The highest BCUT2D eigenvalue weighted by molar-refractivity contribution is 5.94. The highest BCUT2D eigenvalue weighted by atomic mass is 16.4. The Kier molecular flexibility index (Phi) is 8.33. The first-order chi connectivity index (χ1) is 17.8. The van der Waals surface area contributed by atoms with Gasteiger partial charge in [0.1, 0.15) is 11.6 Å². The van der Waals surface area contributed by atoms with Crippen LogP contribution < -0.4 is 9.80 Å². The molecule has 0 spiro atoms. The van der Waals surface area contributed by atoms with Crippen LogP contribution in [0.15, 0.2) is 60.8 Å². The fourth-order valence-electron chi connectivity index (χ4n) is 4.73. The van der Waals surface area contributed by atoms with E-state index in [0.29, 0.717) is 17.9 Å². The largest absolute Gasteiger partial charge is 0.478 e. The molecule has 1 N–H and O–H groups in total. The van der Waals surface area contributed by atoms with Gasteiger partial charge in [0, 0.05) is 43.5 Å². The van der Waals surface area contributed by atoms with Crippen LogP contribution >= 0.6 is 0 Å². The van der Waals surface area contributed by atoms with E-state index in [1.807, 2.05) is 56.4 Å². The Hall–Kier alpha value is -4.00. The summed E-state index contributed by atoms with van der Waals surface area (Å²) in [6, 6.07) is 15.8. The molecule has 0 unspecified atom stereocenters. The second-order valence-corrected chi connectivity index (χ2v) is 9.83. The lowest BCUT2D eigenvalue weighted by atomic mass is 9.88. The van der Waals surface area contributed by atoms with E-state index in [0.717, 1.165) is 60.0 Å². The van der Waals surface area contributed by atoms with Crippen molar-refractivity contribution in [2.75, 3.05) is 23.9 Å². The number of amides is 1. The number of hydrogen-bond donors (Lipinski definition) is 1. The number of aliphatic carboxylic acids is 1. The van der Waals surface area contributed by atoms with Gasteiger partial charge in [0.05, 0.1) is 6.54 Å².